The molecular formula is C42H24N2S. The van der Waals surface area contributed by atoms with Crippen LogP contribution < -0.4 is 0 Å². The molecule has 0 atom stereocenters. The Hall–Kier alpha value is -5.51. The van der Waals surface area contributed by atoms with Crippen LogP contribution in [0.2, 0.25) is 0 Å². The minimum Gasteiger partial charge on any atom is -0.309 e. The van der Waals surface area contributed by atoms with Crippen molar-refractivity contribution in [1.82, 2.24) is 9.55 Å². The zero-order chi connectivity index (χ0) is 29.3. The third kappa shape index (κ3) is 2.83. The molecule has 0 fully saturated rings. The van der Waals surface area contributed by atoms with Crippen molar-refractivity contribution < 1.29 is 0 Å². The summed E-state index contributed by atoms with van der Waals surface area (Å²) in [4.78, 5) is 5.77. The van der Waals surface area contributed by atoms with Gasteiger partial charge in [-0.3, -0.25) is 0 Å². The first-order valence-corrected chi connectivity index (χ1v) is 16.3. The lowest BCUT2D eigenvalue weighted by Gasteiger charge is -2.30. The van der Waals surface area contributed by atoms with Gasteiger partial charge >= 0.3 is 0 Å². The Morgan fingerprint density at radius 3 is 1.82 bits per heavy atom. The van der Waals surface area contributed by atoms with Gasteiger partial charge in [-0.2, -0.15) is 0 Å². The standard InChI is InChI=1S/C42H24N2S/c1-5-15-34-26(10-1)27-11-2-6-16-35(27)42(34)36-17-7-3-12-28(36)29-20-19-25(22-37(29)42)44-38-18-8-4-13-30(38)32-24-40-33(23-39(32)44)31-14-9-21-43-41(31)45-40/h1-24H. The molecule has 3 heterocycles. The van der Waals surface area contributed by atoms with E-state index in [0.717, 1.165) is 4.83 Å². The summed E-state index contributed by atoms with van der Waals surface area (Å²) < 4.78 is 3.76. The third-order valence-corrected chi connectivity index (χ3v) is 11.4. The van der Waals surface area contributed by atoms with Gasteiger partial charge in [-0.05, 0) is 87.0 Å². The fraction of sp³-hybridized carbons (Fsp3) is 0.0238. The van der Waals surface area contributed by atoms with E-state index in [1.807, 2.05) is 12.3 Å². The summed E-state index contributed by atoms with van der Waals surface area (Å²) in [7, 11) is 0. The molecule has 2 aliphatic carbocycles. The molecule has 3 aromatic heterocycles. The van der Waals surface area contributed by atoms with Crippen LogP contribution in [0.3, 0.4) is 0 Å². The van der Waals surface area contributed by atoms with Crippen LogP contribution in [-0.4, -0.2) is 9.55 Å². The quantitative estimate of drug-likeness (QED) is 0.187. The lowest BCUT2D eigenvalue weighted by molar-refractivity contribution is 0.792. The summed E-state index contributed by atoms with van der Waals surface area (Å²) >= 11 is 1.78. The van der Waals surface area contributed by atoms with Crippen molar-refractivity contribution in [3.05, 3.63) is 168 Å². The highest BCUT2D eigenvalue weighted by Gasteiger charge is 2.51. The third-order valence-electron chi connectivity index (χ3n) is 10.3. The number of hydrogen-bond acceptors (Lipinski definition) is 2. The number of para-hydroxylation sites is 1. The average molecular weight is 589 g/mol. The van der Waals surface area contributed by atoms with Gasteiger partial charge in [0.15, 0.2) is 0 Å². The smallest absolute Gasteiger partial charge is 0.124 e. The van der Waals surface area contributed by atoms with Gasteiger partial charge in [-0.15, -0.1) is 11.3 Å². The van der Waals surface area contributed by atoms with Crippen LogP contribution in [0, 0.1) is 0 Å². The lowest BCUT2D eigenvalue weighted by atomic mass is 9.70. The van der Waals surface area contributed by atoms with Crippen molar-refractivity contribution in [3.63, 3.8) is 0 Å². The molecule has 1 spiro atoms. The zero-order valence-corrected chi connectivity index (χ0v) is 25.0. The Bertz CT molecular complexity index is 2660. The van der Waals surface area contributed by atoms with E-state index in [1.165, 1.54) is 87.5 Å². The number of benzene rings is 6. The van der Waals surface area contributed by atoms with Crippen molar-refractivity contribution in [3.8, 4) is 27.9 Å². The number of pyridine rings is 1. The fourth-order valence-corrected chi connectivity index (χ4v) is 9.64. The Kier molecular flexibility index (Phi) is 4.43. The Morgan fingerprint density at radius 2 is 1.09 bits per heavy atom. The fourth-order valence-electron chi connectivity index (χ4n) is 8.57. The summed E-state index contributed by atoms with van der Waals surface area (Å²) in [5, 5.41) is 5.04. The minimum absolute atomic E-state index is 0.365. The van der Waals surface area contributed by atoms with Gasteiger partial charge < -0.3 is 4.57 Å². The highest BCUT2D eigenvalue weighted by molar-refractivity contribution is 7.25. The second kappa shape index (κ2) is 8.35. The lowest BCUT2D eigenvalue weighted by Crippen LogP contribution is -2.26. The first-order valence-electron chi connectivity index (χ1n) is 15.5. The first kappa shape index (κ1) is 23.9. The van der Waals surface area contributed by atoms with E-state index in [-0.39, 0.29) is 5.41 Å². The zero-order valence-electron chi connectivity index (χ0n) is 24.2. The normalized spacial score (nSPS) is 14.0. The summed E-state index contributed by atoms with van der Waals surface area (Å²) in [5.74, 6) is 0. The van der Waals surface area contributed by atoms with Gasteiger partial charge in [0, 0.05) is 38.1 Å². The first-order chi connectivity index (χ1) is 22.3. The van der Waals surface area contributed by atoms with Gasteiger partial charge in [-0.25, -0.2) is 4.98 Å². The van der Waals surface area contributed by atoms with Crippen LogP contribution in [0.4, 0.5) is 0 Å². The van der Waals surface area contributed by atoms with Gasteiger partial charge in [-0.1, -0.05) is 97.1 Å². The molecule has 0 saturated heterocycles. The van der Waals surface area contributed by atoms with Gasteiger partial charge in [0.1, 0.15) is 4.83 Å². The Balaban J connectivity index is 1.27. The molecule has 0 radical (unpaired) electrons. The van der Waals surface area contributed by atoms with Gasteiger partial charge in [0.05, 0.1) is 16.4 Å². The van der Waals surface area contributed by atoms with E-state index in [1.54, 1.807) is 11.3 Å². The van der Waals surface area contributed by atoms with Crippen molar-refractivity contribution in [2.24, 2.45) is 0 Å². The maximum absolute atomic E-state index is 4.68. The number of thiophene rings is 1. The monoisotopic (exact) mass is 588 g/mol. The maximum Gasteiger partial charge on any atom is 0.124 e. The van der Waals surface area contributed by atoms with Crippen LogP contribution in [-0.2, 0) is 5.41 Å². The SMILES string of the molecule is c1ccc2c(c1)-c1ccccc1C21c2ccccc2-c2ccc(-n3c4ccccc4c4cc5sc6ncccc6c5cc43)cc21. The topological polar surface area (TPSA) is 17.8 Å². The molecule has 0 unspecified atom stereocenters. The molecule has 0 N–H and O–H groups in total. The number of fused-ring (bicyclic) bond motifs is 16. The molecule has 6 aromatic carbocycles. The molecule has 2 aliphatic rings. The van der Waals surface area contributed by atoms with E-state index >= 15 is 0 Å². The van der Waals surface area contributed by atoms with Gasteiger partial charge in [0.25, 0.3) is 0 Å². The van der Waals surface area contributed by atoms with Crippen LogP contribution in [0.5, 0.6) is 0 Å². The Morgan fingerprint density at radius 1 is 0.467 bits per heavy atom. The van der Waals surface area contributed by atoms with Crippen LogP contribution in [0.1, 0.15) is 22.3 Å². The highest BCUT2D eigenvalue weighted by atomic mass is 32.1. The van der Waals surface area contributed by atoms with E-state index in [0.29, 0.717) is 0 Å². The predicted octanol–water partition coefficient (Wildman–Crippen LogP) is 10.9. The molecule has 0 amide bonds. The van der Waals surface area contributed by atoms with Gasteiger partial charge in [0.2, 0.25) is 0 Å². The average Bonchev–Trinajstić information content (AvgIpc) is 3.80. The molecule has 208 valence electrons. The number of aromatic nitrogens is 2. The van der Waals surface area contributed by atoms with E-state index in [2.05, 4.69) is 143 Å². The Labute approximate surface area is 263 Å². The second-order valence-electron chi connectivity index (χ2n) is 12.3. The van der Waals surface area contributed by atoms with E-state index in [9.17, 15) is 0 Å². The molecule has 9 aromatic rings. The van der Waals surface area contributed by atoms with E-state index in [4.69, 9.17) is 0 Å². The summed E-state index contributed by atoms with van der Waals surface area (Å²) in [5.41, 5.74) is 14.1. The molecule has 3 heteroatoms. The number of nitrogens with zero attached hydrogens (tertiary/aromatic N) is 2. The minimum atomic E-state index is -0.365. The van der Waals surface area contributed by atoms with Crippen molar-refractivity contribution in [2.45, 2.75) is 5.41 Å². The molecule has 0 bridgehead atoms. The summed E-state index contributed by atoms with van der Waals surface area (Å²) in [6, 6.07) is 52.1. The molecule has 45 heavy (non-hydrogen) atoms. The maximum atomic E-state index is 4.68. The molecule has 0 saturated carbocycles. The molecule has 11 rings (SSSR count). The molecule has 0 aliphatic heterocycles. The van der Waals surface area contributed by atoms with Crippen molar-refractivity contribution in [1.29, 1.82) is 0 Å². The number of rotatable bonds is 1. The summed E-state index contributed by atoms with van der Waals surface area (Å²) in [6.07, 6.45) is 1.89. The van der Waals surface area contributed by atoms with Crippen LogP contribution in [0.15, 0.2) is 146 Å². The molecule has 2 nitrogen and oxygen atoms in total. The van der Waals surface area contributed by atoms with Crippen LogP contribution in [0.25, 0.3) is 70.0 Å². The highest BCUT2D eigenvalue weighted by Crippen LogP contribution is 2.63. The van der Waals surface area contributed by atoms with Crippen molar-refractivity contribution >= 4 is 53.4 Å². The number of hydrogen-bond donors (Lipinski definition) is 0. The summed E-state index contributed by atoms with van der Waals surface area (Å²) in [6.45, 7) is 0. The largest absolute Gasteiger partial charge is 0.309 e. The van der Waals surface area contributed by atoms with Crippen LogP contribution >= 0.6 is 11.3 Å². The second-order valence-corrected chi connectivity index (χ2v) is 13.3. The van der Waals surface area contributed by atoms with E-state index < -0.39 is 0 Å². The predicted molar refractivity (Wildman–Crippen MR) is 188 cm³/mol. The molecular weight excluding hydrogens is 565 g/mol. The van der Waals surface area contributed by atoms with Crippen molar-refractivity contribution in [2.75, 3.05) is 0 Å².